The predicted molar refractivity (Wildman–Crippen MR) is 123 cm³/mol. The molecule has 8 heteroatoms. The Morgan fingerprint density at radius 2 is 1.73 bits per heavy atom. The molecule has 1 unspecified atom stereocenters. The van der Waals surface area contributed by atoms with Gasteiger partial charge in [-0.1, -0.05) is 30.3 Å². The maximum absolute atomic E-state index is 13.2. The maximum atomic E-state index is 13.2. The summed E-state index contributed by atoms with van der Waals surface area (Å²) in [7, 11) is 1.38. The molecule has 0 N–H and O–H groups in total. The Labute approximate surface area is 193 Å². The minimum atomic E-state index is -0.561. The number of hydrogen-bond acceptors (Lipinski definition) is 6. The second kappa shape index (κ2) is 9.33. The molecular formula is C25H29N5O3. The van der Waals surface area contributed by atoms with E-state index in [-0.39, 0.29) is 11.9 Å². The van der Waals surface area contributed by atoms with Gasteiger partial charge in [-0.05, 0) is 23.3 Å². The number of carbonyl (C=O) groups excluding carboxylic acids is 2. The highest BCUT2D eigenvalue weighted by Crippen LogP contribution is 2.24. The molecule has 1 atom stereocenters. The Kier molecular flexibility index (Phi) is 6.11. The lowest BCUT2D eigenvalue weighted by atomic mass is 9.94. The molecule has 0 aliphatic carbocycles. The summed E-state index contributed by atoms with van der Waals surface area (Å²) in [6.07, 6.45) is 4.59. The van der Waals surface area contributed by atoms with Gasteiger partial charge in [0.25, 0.3) is 0 Å². The van der Waals surface area contributed by atoms with Crippen molar-refractivity contribution >= 4 is 17.5 Å². The first kappa shape index (κ1) is 21.6. The van der Waals surface area contributed by atoms with Gasteiger partial charge < -0.3 is 14.0 Å². The molecule has 33 heavy (non-hydrogen) atoms. The van der Waals surface area contributed by atoms with Crippen molar-refractivity contribution in [1.82, 2.24) is 24.1 Å². The van der Waals surface area contributed by atoms with Gasteiger partial charge in [-0.3, -0.25) is 14.6 Å². The molecule has 1 amide bonds. The largest absolute Gasteiger partial charge is 0.467 e. The van der Waals surface area contributed by atoms with E-state index in [1.807, 2.05) is 53.1 Å². The fourth-order valence-electron chi connectivity index (χ4n) is 4.81. The number of methoxy groups -OCH3 is 1. The van der Waals surface area contributed by atoms with E-state index < -0.39 is 6.04 Å². The first-order chi connectivity index (χ1) is 16.1. The van der Waals surface area contributed by atoms with Gasteiger partial charge in [0.15, 0.2) is 0 Å². The Balaban J connectivity index is 1.18. The molecule has 0 radical (unpaired) electrons. The van der Waals surface area contributed by atoms with Crippen molar-refractivity contribution in [1.29, 1.82) is 0 Å². The van der Waals surface area contributed by atoms with Crippen molar-refractivity contribution < 1.29 is 14.3 Å². The number of aromatic nitrogens is 2. The van der Waals surface area contributed by atoms with E-state index in [0.29, 0.717) is 19.5 Å². The molecule has 2 aromatic heterocycles. The van der Waals surface area contributed by atoms with Gasteiger partial charge in [0.2, 0.25) is 5.91 Å². The molecule has 1 aromatic carbocycles. The van der Waals surface area contributed by atoms with Gasteiger partial charge in [0.05, 0.1) is 19.3 Å². The highest BCUT2D eigenvalue weighted by atomic mass is 16.5. The summed E-state index contributed by atoms with van der Waals surface area (Å²) in [4.78, 5) is 36.6. The summed E-state index contributed by atoms with van der Waals surface area (Å²) in [6, 6.07) is 13.4. The number of fused-ring (bicyclic) bond motifs is 2. The molecule has 8 nitrogen and oxygen atoms in total. The van der Waals surface area contributed by atoms with Crippen LogP contribution in [-0.2, 0) is 33.8 Å². The molecule has 2 aliphatic heterocycles. The standard InChI is InChI=1S/C25H29N5O3/c1-33-25(32)22-14-19-6-2-3-7-20(19)15-30(22)24(31)18-28-12-10-27(11-13-28)16-21-17-29-9-5-4-8-23(29)26-21/h2-9,17,22H,10-16,18H2,1H3. The number of amides is 1. The lowest BCUT2D eigenvalue weighted by Gasteiger charge is -2.38. The number of esters is 1. The van der Waals surface area contributed by atoms with Crippen molar-refractivity contribution in [3.63, 3.8) is 0 Å². The summed E-state index contributed by atoms with van der Waals surface area (Å²) in [6.45, 7) is 4.95. The molecule has 2 aliphatic rings. The van der Waals surface area contributed by atoms with Crippen LogP contribution in [0.15, 0.2) is 54.9 Å². The monoisotopic (exact) mass is 447 g/mol. The van der Waals surface area contributed by atoms with Crippen LogP contribution in [0.4, 0.5) is 0 Å². The van der Waals surface area contributed by atoms with Crippen molar-refractivity contribution in [2.45, 2.75) is 25.6 Å². The fourth-order valence-corrected chi connectivity index (χ4v) is 4.81. The van der Waals surface area contributed by atoms with Gasteiger partial charge in [0.1, 0.15) is 11.7 Å². The minimum absolute atomic E-state index is 0.0197. The Bertz CT molecular complexity index is 1120. The molecule has 1 fully saturated rings. The second-order valence-corrected chi connectivity index (χ2v) is 8.78. The zero-order valence-electron chi connectivity index (χ0n) is 18.9. The number of benzene rings is 1. The molecule has 172 valence electrons. The lowest BCUT2D eigenvalue weighted by Crippen LogP contribution is -2.54. The van der Waals surface area contributed by atoms with Crippen LogP contribution >= 0.6 is 0 Å². The molecule has 3 aromatic rings. The first-order valence-electron chi connectivity index (χ1n) is 11.4. The highest BCUT2D eigenvalue weighted by molar-refractivity contribution is 5.86. The van der Waals surface area contributed by atoms with E-state index in [9.17, 15) is 9.59 Å². The average molecular weight is 448 g/mol. The number of carbonyl (C=O) groups is 2. The van der Waals surface area contributed by atoms with Gasteiger partial charge in [0, 0.05) is 58.1 Å². The number of rotatable bonds is 5. The third kappa shape index (κ3) is 4.62. The first-order valence-corrected chi connectivity index (χ1v) is 11.4. The van der Waals surface area contributed by atoms with Crippen molar-refractivity contribution in [3.8, 4) is 0 Å². The summed E-state index contributed by atoms with van der Waals surface area (Å²) in [5, 5.41) is 0. The van der Waals surface area contributed by atoms with Crippen LogP contribution in [0.3, 0.4) is 0 Å². The van der Waals surface area contributed by atoms with E-state index in [0.717, 1.165) is 55.2 Å². The Morgan fingerprint density at radius 3 is 2.48 bits per heavy atom. The van der Waals surface area contributed by atoms with Gasteiger partial charge in [-0.15, -0.1) is 0 Å². The van der Waals surface area contributed by atoms with Crippen LogP contribution in [-0.4, -0.2) is 81.8 Å². The van der Waals surface area contributed by atoms with Gasteiger partial charge >= 0.3 is 5.97 Å². The molecule has 0 saturated carbocycles. The van der Waals surface area contributed by atoms with Crippen molar-refractivity contribution in [2.75, 3.05) is 39.8 Å². The Hall–Kier alpha value is -3.23. The third-order valence-corrected chi connectivity index (χ3v) is 6.67. The highest BCUT2D eigenvalue weighted by Gasteiger charge is 2.36. The van der Waals surface area contributed by atoms with Crippen molar-refractivity contribution in [3.05, 3.63) is 71.7 Å². The minimum Gasteiger partial charge on any atom is -0.467 e. The fraction of sp³-hybridized carbons (Fsp3) is 0.400. The number of ether oxygens (including phenoxy) is 1. The summed E-state index contributed by atoms with van der Waals surface area (Å²) in [5.74, 6) is -0.371. The summed E-state index contributed by atoms with van der Waals surface area (Å²) >= 11 is 0. The van der Waals surface area contributed by atoms with Crippen LogP contribution in [0.1, 0.15) is 16.8 Å². The predicted octanol–water partition coefficient (Wildman–Crippen LogP) is 1.58. The molecule has 0 spiro atoms. The van der Waals surface area contributed by atoms with E-state index in [4.69, 9.17) is 4.74 Å². The van der Waals surface area contributed by atoms with E-state index in [1.54, 1.807) is 4.90 Å². The topological polar surface area (TPSA) is 70.4 Å². The number of imidazole rings is 1. The molecule has 4 heterocycles. The molecule has 0 bridgehead atoms. The van der Waals surface area contributed by atoms with E-state index in [2.05, 4.69) is 21.0 Å². The summed E-state index contributed by atoms with van der Waals surface area (Å²) in [5.41, 5.74) is 4.22. The normalized spacial score (nSPS) is 19.4. The quantitative estimate of drug-likeness (QED) is 0.553. The number of nitrogens with zero attached hydrogens (tertiary/aromatic N) is 5. The number of pyridine rings is 1. The third-order valence-electron chi connectivity index (χ3n) is 6.67. The van der Waals surface area contributed by atoms with E-state index in [1.165, 1.54) is 7.11 Å². The van der Waals surface area contributed by atoms with Crippen LogP contribution in [0.25, 0.3) is 5.65 Å². The SMILES string of the molecule is COC(=O)C1Cc2ccccc2CN1C(=O)CN1CCN(Cc2cn3ccccc3n2)CC1. The van der Waals surface area contributed by atoms with Gasteiger partial charge in [-0.25, -0.2) is 9.78 Å². The van der Waals surface area contributed by atoms with Crippen LogP contribution in [0.2, 0.25) is 0 Å². The average Bonchev–Trinajstić information content (AvgIpc) is 3.26. The molecular weight excluding hydrogens is 418 g/mol. The smallest absolute Gasteiger partial charge is 0.328 e. The van der Waals surface area contributed by atoms with Crippen molar-refractivity contribution in [2.24, 2.45) is 0 Å². The second-order valence-electron chi connectivity index (χ2n) is 8.78. The van der Waals surface area contributed by atoms with Crippen LogP contribution in [0.5, 0.6) is 0 Å². The molecule has 5 rings (SSSR count). The van der Waals surface area contributed by atoms with Crippen LogP contribution < -0.4 is 0 Å². The number of piperazine rings is 1. The maximum Gasteiger partial charge on any atom is 0.328 e. The Morgan fingerprint density at radius 1 is 1.00 bits per heavy atom. The zero-order chi connectivity index (χ0) is 22.8. The van der Waals surface area contributed by atoms with E-state index >= 15 is 0 Å². The van der Waals surface area contributed by atoms with Gasteiger partial charge in [-0.2, -0.15) is 0 Å². The number of hydrogen-bond donors (Lipinski definition) is 0. The lowest BCUT2D eigenvalue weighted by molar-refractivity contribution is -0.154. The van der Waals surface area contributed by atoms with Crippen LogP contribution in [0, 0.1) is 0 Å². The summed E-state index contributed by atoms with van der Waals surface area (Å²) < 4.78 is 7.05. The zero-order valence-corrected chi connectivity index (χ0v) is 18.9. The molecule has 1 saturated heterocycles.